The second kappa shape index (κ2) is 8.98. The van der Waals surface area contributed by atoms with Crippen LogP contribution in [-0.4, -0.2) is 35.3 Å². The van der Waals surface area contributed by atoms with E-state index in [1.54, 1.807) is 45.4 Å². The molecular formula is C25H28F5N4OP. The SMILES string of the molecule is Cc1nc(N[C@H](C)c2cccc(C(F)(F)F)c2C)c2cc(P(C)(C)=O)c(NC3CC(F)(F)C3)cc2n1. The van der Waals surface area contributed by atoms with Crippen molar-refractivity contribution in [1.29, 1.82) is 0 Å². The van der Waals surface area contributed by atoms with Crippen molar-refractivity contribution < 1.29 is 26.5 Å². The van der Waals surface area contributed by atoms with Gasteiger partial charge in [-0.05, 0) is 63.4 Å². The lowest BCUT2D eigenvalue weighted by Gasteiger charge is -2.36. The molecular weight excluding hydrogens is 498 g/mol. The number of rotatable bonds is 6. The summed E-state index contributed by atoms with van der Waals surface area (Å²) in [6, 6.07) is 6.45. The number of aromatic nitrogens is 2. The van der Waals surface area contributed by atoms with Gasteiger partial charge in [0, 0.05) is 35.3 Å². The molecule has 1 heterocycles. The lowest BCUT2D eigenvalue weighted by Crippen LogP contribution is -2.45. The van der Waals surface area contributed by atoms with Gasteiger partial charge in [-0.2, -0.15) is 13.2 Å². The highest BCUT2D eigenvalue weighted by atomic mass is 31.2. The number of hydrogen-bond acceptors (Lipinski definition) is 5. The normalized spacial score (nSPS) is 17.1. The molecule has 2 aromatic carbocycles. The van der Waals surface area contributed by atoms with E-state index in [2.05, 4.69) is 20.6 Å². The lowest BCUT2D eigenvalue weighted by molar-refractivity contribution is -0.138. The summed E-state index contributed by atoms with van der Waals surface area (Å²) < 4.78 is 80.2. The summed E-state index contributed by atoms with van der Waals surface area (Å²) in [6.45, 7) is 8.04. The summed E-state index contributed by atoms with van der Waals surface area (Å²) >= 11 is 0. The van der Waals surface area contributed by atoms with Crippen LogP contribution in [0.15, 0.2) is 30.3 Å². The summed E-state index contributed by atoms with van der Waals surface area (Å²) in [5.74, 6) is -1.90. The van der Waals surface area contributed by atoms with E-state index in [0.717, 1.165) is 6.07 Å². The van der Waals surface area contributed by atoms with E-state index in [1.807, 2.05) is 0 Å². The molecule has 0 radical (unpaired) electrons. The van der Waals surface area contributed by atoms with Crippen LogP contribution in [0.1, 0.15) is 48.3 Å². The third-order valence-corrected chi connectivity index (χ3v) is 7.99. The molecule has 3 aromatic rings. The first kappa shape index (κ1) is 26.3. The van der Waals surface area contributed by atoms with E-state index >= 15 is 0 Å². The van der Waals surface area contributed by atoms with Crippen molar-refractivity contribution in [1.82, 2.24) is 9.97 Å². The summed E-state index contributed by atoms with van der Waals surface area (Å²) in [6.07, 6.45) is -5.07. The van der Waals surface area contributed by atoms with Gasteiger partial charge >= 0.3 is 6.18 Å². The van der Waals surface area contributed by atoms with Crippen molar-refractivity contribution in [3.63, 3.8) is 0 Å². The molecule has 4 rings (SSSR count). The van der Waals surface area contributed by atoms with E-state index in [4.69, 9.17) is 0 Å². The maximum atomic E-state index is 13.4. The van der Waals surface area contributed by atoms with Crippen molar-refractivity contribution in [2.24, 2.45) is 0 Å². The van der Waals surface area contributed by atoms with Gasteiger partial charge in [-0.15, -0.1) is 0 Å². The number of aryl methyl sites for hydroxylation is 1. The van der Waals surface area contributed by atoms with Crippen LogP contribution >= 0.6 is 7.14 Å². The van der Waals surface area contributed by atoms with Crippen LogP contribution in [0.4, 0.5) is 33.5 Å². The van der Waals surface area contributed by atoms with E-state index in [0.29, 0.717) is 39.1 Å². The van der Waals surface area contributed by atoms with Gasteiger partial charge in [-0.3, -0.25) is 0 Å². The standard InChI is InChI=1S/C25H28F5N4OP/c1-13-17(7-6-8-19(13)25(28,29)30)14(2)31-23-18-9-22(36(4,5)35)21(10-20(18)32-15(3)33-23)34-16-11-24(26,27)12-16/h6-10,14,16,34H,11-12H2,1-5H3,(H,31,32,33)/t14-/m1/s1. The number of hydrogen-bond donors (Lipinski definition) is 2. The number of nitrogens with one attached hydrogen (secondary N) is 2. The van der Waals surface area contributed by atoms with Gasteiger partial charge in [-0.25, -0.2) is 18.7 Å². The van der Waals surface area contributed by atoms with E-state index in [-0.39, 0.29) is 18.4 Å². The molecule has 0 aliphatic heterocycles. The zero-order chi connectivity index (χ0) is 26.6. The number of halogens is 5. The average molecular weight is 526 g/mol. The minimum atomic E-state index is -4.47. The Morgan fingerprint density at radius 2 is 1.78 bits per heavy atom. The Hall–Kier alpha value is -2.74. The summed E-state index contributed by atoms with van der Waals surface area (Å²) in [7, 11) is -2.85. The molecule has 5 nitrogen and oxygen atoms in total. The lowest BCUT2D eigenvalue weighted by atomic mass is 9.88. The number of benzene rings is 2. The van der Waals surface area contributed by atoms with E-state index in [1.165, 1.54) is 13.0 Å². The molecule has 194 valence electrons. The van der Waals surface area contributed by atoms with Crippen LogP contribution in [0.25, 0.3) is 10.9 Å². The monoisotopic (exact) mass is 526 g/mol. The van der Waals surface area contributed by atoms with E-state index in [9.17, 15) is 26.5 Å². The Balaban J connectivity index is 1.75. The molecule has 1 atom stereocenters. The molecule has 1 aromatic heterocycles. The van der Waals surface area contributed by atoms with Gasteiger partial charge in [0.25, 0.3) is 5.92 Å². The Morgan fingerprint density at radius 1 is 1.11 bits per heavy atom. The highest BCUT2D eigenvalue weighted by Crippen LogP contribution is 2.43. The van der Waals surface area contributed by atoms with Crippen molar-refractivity contribution >= 4 is 34.9 Å². The number of fused-ring (bicyclic) bond motifs is 1. The fourth-order valence-electron chi connectivity index (χ4n) is 4.65. The first-order chi connectivity index (χ1) is 16.5. The topological polar surface area (TPSA) is 66.9 Å². The van der Waals surface area contributed by atoms with Crippen LogP contribution in [0, 0.1) is 13.8 Å². The molecule has 36 heavy (non-hydrogen) atoms. The summed E-state index contributed by atoms with van der Waals surface area (Å²) in [5, 5.41) is 7.32. The highest BCUT2D eigenvalue weighted by molar-refractivity contribution is 7.70. The molecule has 1 fully saturated rings. The molecule has 1 aliphatic rings. The Bertz CT molecular complexity index is 1360. The Kier molecular flexibility index (Phi) is 6.56. The molecule has 1 saturated carbocycles. The van der Waals surface area contributed by atoms with Crippen molar-refractivity contribution in [3.05, 3.63) is 52.8 Å². The quantitative estimate of drug-likeness (QED) is 0.270. The van der Waals surface area contributed by atoms with Crippen molar-refractivity contribution in [3.8, 4) is 0 Å². The Labute approximate surface area is 206 Å². The minimum Gasteiger partial charge on any atom is -0.381 e. The summed E-state index contributed by atoms with van der Waals surface area (Å²) in [4.78, 5) is 8.94. The number of anilines is 2. The molecule has 0 bridgehead atoms. The first-order valence-corrected chi connectivity index (χ1v) is 14.1. The van der Waals surface area contributed by atoms with Crippen LogP contribution < -0.4 is 15.9 Å². The number of nitrogens with zero attached hydrogens (tertiary/aromatic N) is 2. The van der Waals surface area contributed by atoms with Crippen LogP contribution in [-0.2, 0) is 10.7 Å². The van der Waals surface area contributed by atoms with Gasteiger partial charge in [0.2, 0.25) is 0 Å². The fourth-order valence-corrected chi connectivity index (χ4v) is 5.80. The fraction of sp³-hybridized carbons (Fsp3) is 0.440. The molecule has 11 heteroatoms. The third-order valence-electron chi connectivity index (χ3n) is 6.46. The van der Waals surface area contributed by atoms with Gasteiger partial charge < -0.3 is 15.2 Å². The third kappa shape index (κ3) is 5.33. The highest BCUT2D eigenvalue weighted by Gasteiger charge is 2.45. The van der Waals surface area contributed by atoms with Gasteiger partial charge in [0.1, 0.15) is 18.8 Å². The maximum Gasteiger partial charge on any atom is 0.416 e. The van der Waals surface area contributed by atoms with Crippen LogP contribution in [0.2, 0.25) is 0 Å². The van der Waals surface area contributed by atoms with Crippen molar-refractivity contribution in [2.45, 2.75) is 57.8 Å². The predicted molar refractivity (Wildman–Crippen MR) is 133 cm³/mol. The average Bonchev–Trinajstić information content (AvgIpc) is 2.70. The van der Waals surface area contributed by atoms with E-state index < -0.39 is 36.9 Å². The maximum absolute atomic E-state index is 13.4. The zero-order valence-electron chi connectivity index (χ0n) is 20.6. The molecule has 0 amide bonds. The predicted octanol–water partition coefficient (Wildman–Crippen LogP) is 6.90. The van der Waals surface area contributed by atoms with Gasteiger partial charge in [0.05, 0.1) is 17.1 Å². The molecule has 0 spiro atoms. The second-order valence-corrected chi connectivity index (χ2v) is 13.0. The van der Waals surface area contributed by atoms with Gasteiger partial charge in [0.15, 0.2) is 0 Å². The Morgan fingerprint density at radius 3 is 2.36 bits per heavy atom. The minimum absolute atomic E-state index is 0.121. The largest absolute Gasteiger partial charge is 0.416 e. The zero-order valence-corrected chi connectivity index (χ0v) is 21.5. The first-order valence-electron chi connectivity index (χ1n) is 11.5. The molecule has 1 aliphatic carbocycles. The smallest absolute Gasteiger partial charge is 0.381 e. The molecule has 0 unspecified atom stereocenters. The molecule has 2 N–H and O–H groups in total. The summed E-state index contributed by atoms with van der Waals surface area (Å²) in [5.41, 5.74) is 0.882. The van der Waals surface area contributed by atoms with Crippen LogP contribution in [0.3, 0.4) is 0 Å². The number of alkyl halides is 5. The second-order valence-electron chi connectivity index (χ2n) is 9.85. The molecule has 0 saturated heterocycles. The van der Waals surface area contributed by atoms with Crippen molar-refractivity contribution in [2.75, 3.05) is 24.0 Å². The van der Waals surface area contributed by atoms with Crippen LogP contribution in [0.5, 0.6) is 0 Å². The van der Waals surface area contributed by atoms with Gasteiger partial charge in [-0.1, -0.05) is 12.1 Å².